The van der Waals surface area contributed by atoms with E-state index in [0.717, 1.165) is 16.6 Å². The molecule has 0 aliphatic carbocycles. The van der Waals surface area contributed by atoms with E-state index in [1.54, 1.807) is 12.1 Å². The van der Waals surface area contributed by atoms with Crippen molar-refractivity contribution >= 4 is 10.9 Å². The predicted molar refractivity (Wildman–Crippen MR) is 47.9 cm³/mol. The van der Waals surface area contributed by atoms with Gasteiger partial charge in [0, 0.05) is 23.8 Å². The zero-order chi connectivity index (χ0) is 8.55. The lowest BCUT2D eigenvalue weighted by molar-refractivity contribution is 0.476. The van der Waals surface area contributed by atoms with Crippen LogP contribution >= 0.6 is 0 Å². The smallest absolute Gasteiger partial charge is 0.117 e. The van der Waals surface area contributed by atoms with E-state index in [0.29, 0.717) is 6.54 Å². The molecule has 0 fully saturated rings. The molecule has 0 unspecified atom stereocenters. The van der Waals surface area contributed by atoms with Crippen molar-refractivity contribution in [3.05, 3.63) is 30.0 Å². The fourth-order valence-corrected chi connectivity index (χ4v) is 1.29. The van der Waals surface area contributed by atoms with Crippen molar-refractivity contribution in [2.75, 3.05) is 0 Å². The summed E-state index contributed by atoms with van der Waals surface area (Å²) in [5, 5.41) is 10.2. The SMILES string of the molecule is NCc1cc2ccc(O)cc2[nH]1. The van der Waals surface area contributed by atoms with Gasteiger partial charge in [-0.1, -0.05) is 0 Å². The van der Waals surface area contributed by atoms with Crippen molar-refractivity contribution in [1.29, 1.82) is 0 Å². The first kappa shape index (κ1) is 7.18. The second kappa shape index (κ2) is 2.53. The van der Waals surface area contributed by atoms with E-state index in [1.807, 2.05) is 12.1 Å². The molecule has 0 saturated heterocycles. The first-order valence-corrected chi connectivity index (χ1v) is 3.80. The van der Waals surface area contributed by atoms with Crippen LogP contribution in [0, 0.1) is 0 Å². The quantitative estimate of drug-likeness (QED) is 0.592. The van der Waals surface area contributed by atoms with Gasteiger partial charge < -0.3 is 15.8 Å². The van der Waals surface area contributed by atoms with Crippen LogP contribution in [0.4, 0.5) is 0 Å². The summed E-state index contributed by atoms with van der Waals surface area (Å²) < 4.78 is 0. The number of H-pyrrole nitrogens is 1. The van der Waals surface area contributed by atoms with Gasteiger partial charge in [-0.2, -0.15) is 0 Å². The Morgan fingerprint density at radius 1 is 1.33 bits per heavy atom. The minimum absolute atomic E-state index is 0.271. The van der Waals surface area contributed by atoms with Gasteiger partial charge in [0.15, 0.2) is 0 Å². The first-order valence-electron chi connectivity index (χ1n) is 3.80. The molecule has 1 aromatic carbocycles. The molecule has 0 aliphatic heterocycles. The van der Waals surface area contributed by atoms with Crippen LogP contribution in [0.3, 0.4) is 0 Å². The molecule has 0 amide bonds. The van der Waals surface area contributed by atoms with Gasteiger partial charge in [0.05, 0.1) is 0 Å². The molecule has 0 atom stereocenters. The third-order valence-electron chi connectivity index (χ3n) is 1.88. The summed E-state index contributed by atoms with van der Waals surface area (Å²) in [5.41, 5.74) is 7.37. The molecule has 0 saturated carbocycles. The minimum atomic E-state index is 0.271. The second-order valence-electron chi connectivity index (χ2n) is 2.77. The fraction of sp³-hybridized carbons (Fsp3) is 0.111. The highest BCUT2D eigenvalue weighted by Crippen LogP contribution is 2.19. The maximum Gasteiger partial charge on any atom is 0.117 e. The van der Waals surface area contributed by atoms with Crippen LogP contribution in [0.2, 0.25) is 0 Å². The third-order valence-corrected chi connectivity index (χ3v) is 1.88. The number of aromatic hydroxyl groups is 1. The van der Waals surface area contributed by atoms with Crippen molar-refractivity contribution in [2.24, 2.45) is 5.73 Å². The Bertz CT molecular complexity index is 406. The van der Waals surface area contributed by atoms with Gasteiger partial charge in [0.2, 0.25) is 0 Å². The highest BCUT2D eigenvalue weighted by Gasteiger charge is 1.98. The summed E-state index contributed by atoms with van der Waals surface area (Å²) in [6.07, 6.45) is 0. The number of benzene rings is 1. The lowest BCUT2D eigenvalue weighted by atomic mass is 10.2. The van der Waals surface area contributed by atoms with Gasteiger partial charge in [-0.25, -0.2) is 0 Å². The number of phenols is 1. The second-order valence-corrected chi connectivity index (χ2v) is 2.77. The Labute approximate surface area is 69.8 Å². The maximum absolute atomic E-state index is 9.16. The summed E-state index contributed by atoms with van der Waals surface area (Å²) in [4.78, 5) is 3.10. The van der Waals surface area contributed by atoms with Crippen LogP contribution in [0.5, 0.6) is 5.75 Å². The highest BCUT2D eigenvalue weighted by atomic mass is 16.3. The number of nitrogens with two attached hydrogens (primary N) is 1. The van der Waals surface area contributed by atoms with Crippen LogP contribution in [0.25, 0.3) is 10.9 Å². The molecular formula is C9H10N2O. The van der Waals surface area contributed by atoms with E-state index in [2.05, 4.69) is 4.98 Å². The molecule has 1 heterocycles. The average molecular weight is 162 g/mol. The molecule has 3 nitrogen and oxygen atoms in total. The Balaban J connectivity index is 2.67. The van der Waals surface area contributed by atoms with E-state index in [1.165, 1.54) is 0 Å². The molecule has 0 bridgehead atoms. The Hall–Kier alpha value is -1.48. The van der Waals surface area contributed by atoms with Gasteiger partial charge in [-0.05, 0) is 23.6 Å². The summed E-state index contributed by atoms with van der Waals surface area (Å²) in [6.45, 7) is 0.495. The van der Waals surface area contributed by atoms with Crippen molar-refractivity contribution in [2.45, 2.75) is 6.54 Å². The molecule has 12 heavy (non-hydrogen) atoms. The standard InChI is InChI=1S/C9H10N2O/c10-5-7-3-6-1-2-8(12)4-9(6)11-7/h1-4,11-12H,5,10H2. The Kier molecular flexibility index (Phi) is 1.52. The van der Waals surface area contributed by atoms with E-state index >= 15 is 0 Å². The minimum Gasteiger partial charge on any atom is -0.508 e. The normalized spacial score (nSPS) is 10.8. The number of rotatable bonds is 1. The fourth-order valence-electron chi connectivity index (χ4n) is 1.29. The van der Waals surface area contributed by atoms with Crippen LogP contribution < -0.4 is 5.73 Å². The molecule has 62 valence electrons. The zero-order valence-corrected chi connectivity index (χ0v) is 6.54. The van der Waals surface area contributed by atoms with E-state index in [4.69, 9.17) is 10.8 Å². The van der Waals surface area contributed by atoms with Crippen molar-refractivity contribution < 1.29 is 5.11 Å². The third kappa shape index (κ3) is 1.04. The van der Waals surface area contributed by atoms with Crippen LogP contribution in [-0.2, 0) is 6.54 Å². The topological polar surface area (TPSA) is 62.0 Å². The summed E-state index contributed by atoms with van der Waals surface area (Å²) >= 11 is 0. The van der Waals surface area contributed by atoms with Crippen LogP contribution in [0.1, 0.15) is 5.69 Å². The molecule has 1 aromatic heterocycles. The van der Waals surface area contributed by atoms with Crippen molar-refractivity contribution in [1.82, 2.24) is 4.98 Å². The number of aromatic nitrogens is 1. The molecule has 0 radical (unpaired) electrons. The van der Waals surface area contributed by atoms with E-state index in [-0.39, 0.29) is 5.75 Å². The molecule has 4 N–H and O–H groups in total. The number of aromatic amines is 1. The number of fused-ring (bicyclic) bond motifs is 1. The first-order chi connectivity index (χ1) is 5.79. The summed E-state index contributed by atoms with van der Waals surface area (Å²) in [6, 6.07) is 7.19. The summed E-state index contributed by atoms with van der Waals surface area (Å²) in [7, 11) is 0. The number of hydrogen-bond donors (Lipinski definition) is 3. The molecule has 2 aromatic rings. The lowest BCUT2D eigenvalue weighted by Crippen LogP contribution is -1.94. The molecule has 0 spiro atoms. The predicted octanol–water partition coefficient (Wildman–Crippen LogP) is 1.33. The Morgan fingerprint density at radius 3 is 2.92 bits per heavy atom. The number of hydrogen-bond acceptors (Lipinski definition) is 2. The maximum atomic E-state index is 9.16. The van der Waals surface area contributed by atoms with Gasteiger partial charge in [0.25, 0.3) is 0 Å². The van der Waals surface area contributed by atoms with Gasteiger partial charge in [-0.3, -0.25) is 0 Å². The van der Waals surface area contributed by atoms with Crippen LogP contribution in [-0.4, -0.2) is 10.1 Å². The zero-order valence-electron chi connectivity index (χ0n) is 6.54. The van der Waals surface area contributed by atoms with E-state index < -0.39 is 0 Å². The van der Waals surface area contributed by atoms with Crippen molar-refractivity contribution in [3.8, 4) is 5.75 Å². The lowest BCUT2D eigenvalue weighted by Gasteiger charge is -1.90. The molecule has 3 heteroatoms. The van der Waals surface area contributed by atoms with Crippen LogP contribution in [0.15, 0.2) is 24.3 Å². The largest absolute Gasteiger partial charge is 0.508 e. The monoisotopic (exact) mass is 162 g/mol. The molecule has 2 rings (SSSR count). The molecule has 0 aliphatic rings. The van der Waals surface area contributed by atoms with Gasteiger partial charge >= 0.3 is 0 Å². The Morgan fingerprint density at radius 2 is 2.17 bits per heavy atom. The molecular weight excluding hydrogens is 152 g/mol. The summed E-state index contributed by atoms with van der Waals surface area (Å²) in [5.74, 6) is 0.271. The van der Waals surface area contributed by atoms with E-state index in [9.17, 15) is 0 Å². The number of nitrogens with one attached hydrogen (secondary N) is 1. The average Bonchev–Trinajstić information content (AvgIpc) is 2.46. The number of phenolic OH excluding ortho intramolecular Hbond substituents is 1. The van der Waals surface area contributed by atoms with Crippen molar-refractivity contribution in [3.63, 3.8) is 0 Å². The highest BCUT2D eigenvalue weighted by molar-refractivity contribution is 5.81. The van der Waals surface area contributed by atoms with Gasteiger partial charge in [-0.15, -0.1) is 0 Å². The van der Waals surface area contributed by atoms with Gasteiger partial charge in [0.1, 0.15) is 5.75 Å².